The minimum Gasteiger partial charge on any atom is -0.497 e. The lowest BCUT2D eigenvalue weighted by molar-refractivity contribution is -0.126. The van der Waals surface area contributed by atoms with E-state index in [0.717, 1.165) is 5.03 Å². The largest absolute Gasteiger partial charge is 0.497 e. The molecule has 0 saturated carbocycles. The normalized spacial score (nSPS) is 10.2. The highest BCUT2D eigenvalue weighted by Crippen LogP contribution is 2.29. The topological polar surface area (TPSA) is 118 Å². The summed E-state index contributed by atoms with van der Waals surface area (Å²) >= 11 is 1.45. The molecule has 1 aromatic heterocycles. The number of aromatic nitrogens is 3. The highest BCUT2D eigenvalue weighted by molar-refractivity contribution is 7.99. The van der Waals surface area contributed by atoms with E-state index in [1.807, 2.05) is 0 Å². The molecule has 0 aliphatic carbocycles. The number of anilines is 1. The SMILES string of the molecule is COc1ccc(NC(=O)CC(=O)NCCSc2cn[nH]n2)c(OC)c1. The molecule has 2 amide bonds. The first-order chi connectivity index (χ1) is 12.1. The van der Waals surface area contributed by atoms with E-state index in [1.54, 1.807) is 24.4 Å². The Bertz CT molecular complexity index is 708. The number of H-pyrrole nitrogens is 1. The van der Waals surface area contributed by atoms with Crippen LogP contribution in [0.2, 0.25) is 0 Å². The summed E-state index contributed by atoms with van der Waals surface area (Å²) in [6.07, 6.45) is 1.33. The molecule has 9 nitrogen and oxygen atoms in total. The predicted octanol–water partition coefficient (Wildman–Crippen LogP) is 1.06. The number of benzene rings is 1. The molecular formula is C15H19N5O4S. The highest BCUT2D eigenvalue weighted by Gasteiger charge is 2.12. The monoisotopic (exact) mass is 365 g/mol. The van der Waals surface area contributed by atoms with E-state index < -0.39 is 5.91 Å². The van der Waals surface area contributed by atoms with E-state index >= 15 is 0 Å². The molecule has 0 saturated heterocycles. The first-order valence-electron chi connectivity index (χ1n) is 7.39. The lowest BCUT2D eigenvalue weighted by atomic mass is 10.2. The summed E-state index contributed by atoms with van der Waals surface area (Å²) in [5, 5.41) is 16.2. The molecule has 1 heterocycles. The van der Waals surface area contributed by atoms with Crippen LogP contribution in [0.15, 0.2) is 29.4 Å². The number of hydrogen-bond acceptors (Lipinski definition) is 7. The molecule has 0 atom stereocenters. The fourth-order valence-corrected chi connectivity index (χ4v) is 2.56. The summed E-state index contributed by atoms with van der Waals surface area (Å²) in [5.74, 6) is 0.914. The average molecular weight is 365 g/mol. The minimum absolute atomic E-state index is 0.274. The van der Waals surface area contributed by atoms with Gasteiger partial charge in [-0.05, 0) is 12.1 Å². The zero-order valence-electron chi connectivity index (χ0n) is 13.9. The second-order valence-electron chi connectivity index (χ2n) is 4.80. The van der Waals surface area contributed by atoms with Crippen LogP contribution in [0, 0.1) is 0 Å². The van der Waals surface area contributed by atoms with Crippen molar-refractivity contribution in [3.8, 4) is 11.5 Å². The molecule has 0 aliphatic heterocycles. The van der Waals surface area contributed by atoms with Crippen LogP contribution in [-0.2, 0) is 9.59 Å². The molecule has 0 unspecified atom stereocenters. The molecule has 0 fully saturated rings. The number of carbonyl (C=O) groups excluding carboxylic acids is 2. The Labute approximate surface area is 148 Å². The predicted molar refractivity (Wildman–Crippen MR) is 92.9 cm³/mol. The Hall–Kier alpha value is -2.75. The van der Waals surface area contributed by atoms with Gasteiger partial charge in [0.05, 0.1) is 26.1 Å². The van der Waals surface area contributed by atoms with Gasteiger partial charge in [0.25, 0.3) is 0 Å². The fraction of sp³-hybridized carbons (Fsp3) is 0.333. The zero-order chi connectivity index (χ0) is 18.1. The summed E-state index contributed by atoms with van der Waals surface area (Å²) < 4.78 is 10.3. The molecule has 10 heteroatoms. The summed E-state index contributed by atoms with van der Waals surface area (Å²) in [5.41, 5.74) is 0.475. The summed E-state index contributed by atoms with van der Waals surface area (Å²) in [6, 6.07) is 5.00. The molecule has 0 spiro atoms. The summed E-state index contributed by atoms with van der Waals surface area (Å²) in [7, 11) is 3.03. The van der Waals surface area contributed by atoms with Crippen LogP contribution in [0.3, 0.4) is 0 Å². The maximum atomic E-state index is 12.0. The number of thioether (sulfide) groups is 1. The van der Waals surface area contributed by atoms with Gasteiger partial charge in [0.15, 0.2) is 0 Å². The van der Waals surface area contributed by atoms with Gasteiger partial charge in [-0.15, -0.1) is 16.9 Å². The van der Waals surface area contributed by atoms with Crippen molar-refractivity contribution in [1.29, 1.82) is 0 Å². The number of rotatable bonds is 9. The minimum atomic E-state index is -0.426. The maximum Gasteiger partial charge on any atom is 0.233 e. The van der Waals surface area contributed by atoms with Gasteiger partial charge in [-0.2, -0.15) is 10.3 Å². The first kappa shape index (κ1) is 18.6. The standard InChI is InChI=1S/C15H19N5O4S/c1-23-10-3-4-11(12(7-10)24-2)18-14(22)8-13(21)16-5-6-25-15-9-17-20-19-15/h3-4,7,9H,5-6,8H2,1-2H3,(H,16,21)(H,18,22)(H,17,19,20). The van der Waals surface area contributed by atoms with Crippen molar-refractivity contribution in [2.24, 2.45) is 0 Å². The van der Waals surface area contributed by atoms with Crippen molar-refractivity contribution < 1.29 is 19.1 Å². The fourth-order valence-electron chi connectivity index (χ4n) is 1.91. The molecule has 0 aliphatic rings. The van der Waals surface area contributed by atoms with Gasteiger partial charge in [0, 0.05) is 18.4 Å². The first-order valence-corrected chi connectivity index (χ1v) is 8.38. The number of nitrogens with one attached hydrogen (secondary N) is 3. The number of aromatic amines is 1. The smallest absolute Gasteiger partial charge is 0.233 e. The van der Waals surface area contributed by atoms with Crippen molar-refractivity contribution in [3.05, 3.63) is 24.4 Å². The number of methoxy groups -OCH3 is 2. The van der Waals surface area contributed by atoms with E-state index in [1.165, 1.54) is 26.0 Å². The van der Waals surface area contributed by atoms with E-state index in [0.29, 0.717) is 29.5 Å². The Morgan fingerprint density at radius 2 is 2.08 bits per heavy atom. The van der Waals surface area contributed by atoms with Crippen molar-refractivity contribution in [2.75, 3.05) is 31.8 Å². The third-order valence-corrected chi connectivity index (χ3v) is 3.97. The lowest BCUT2D eigenvalue weighted by Gasteiger charge is -2.11. The second kappa shape index (κ2) is 9.52. The molecule has 1 aromatic carbocycles. The molecule has 2 aromatic rings. The van der Waals surface area contributed by atoms with Crippen molar-refractivity contribution in [2.45, 2.75) is 11.4 Å². The van der Waals surface area contributed by atoms with Gasteiger partial charge in [-0.3, -0.25) is 9.59 Å². The molecule has 134 valence electrons. The van der Waals surface area contributed by atoms with Crippen molar-refractivity contribution in [1.82, 2.24) is 20.7 Å². The third-order valence-electron chi connectivity index (χ3n) is 3.07. The molecule has 0 bridgehead atoms. The highest BCUT2D eigenvalue weighted by atomic mass is 32.2. The van der Waals surface area contributed by atoms with E-state index in [9.17, 15) is 9.59 Å². The molecule has 0 radical (unpaired) electrons. The number of hydrogen-bond donors (Lipinski definition) is 3. The van der Waals surface area contributed by atoms with E-state index in [4.69, 9.17) is 9.47 Å². The van der Waals surface area contributed by atoms with Crippen LogP contribution in [0.5, 0.6) is 11.5 Å². The zero-order valence-corrected chi connectivity index (χ0v) is 14.7. The average Bonchev–Trinajstić information content (AvgIpc) is 3.12. The van der Waals surface area contributed by atoms with Gasteiger partial charge < -0.3 is 20.1 Å². The summed E-state index contributed by atoms with van der Waals surface area (Å²) in [4.78, 5) is 23.8. The van der Waals surface area contributed by atoms with Crippen molar-refractivity contribution in [3.63, 3.8) is 0 Å². The Morgan fingerprint density at radius 3 is 2.76 bits per heavy atom. The van der Waals surface area contributed by atoms with Crippen LogP contribution in [0.4, 0.5) is 5.69 Å². The third kappa shape index (κ3) is 5.99. The maximum absolute atomic E-state index is 12.0. The number of ether oxygens (including phenoxy) is 2. The van der Waals surface area contributed by atoms with Gasteiger partial charge in [-0.1, -0.05) is 0 Å². The van der Waals surface area contributed by atoms with Crippen LogP contribution in [0.1, 0.15) is 6.42 Å². The molecule has 2 rings (SSSR count). The van der Waals surface area contributed by atoms with Crippen LogP contribution in [-0.4, -0.2) is 53.7 Å². The molecule has 3 N–H and O–H groups in total. The Kier molecular flexibility index (Phi) is 7.08. The van der Waals surface area contributed by atoms with E-state index in [-0.39, 0.29) is 12.3 Å². The van der Waals surface area contributed by atoms with Gasteiger partial charge in [0.1, 0.15) is 22.9 Å². The van der Waals surface area contributed by atoms with Crippen LogP contribution in [0.25, 0.3) is 0 Å². The van der Waals surface area contributed by atoms with Gasteiger partial charge in [0.2, 0.25) is 11.8 Å². The number of amides is 2. The van der Waals surface area contributed by atoms with Gasteiger partial charge >= 0.3 is 0 Å². The molecule has 25 heavy (non-hydrogen) atoms. The summed E-state index contributed by atoms with van der Waals surface area (Å²) in [6.45, 7) is 0.426. The quantitative estimate of drug-likeness (QED) is 0.345. The Morgan fingerprint density at radius 1 is 1.24 bits per heavy atom. The van der Waals surface area contributed by atoms with Gasteiger partial charge in [-0.25, -0.2) is 0 Å². The molecular weight excluding hydrogens is 346 g/mol. The number of carbonyl (C=O) groups is 2. The second-order valence-corrected chi connectivity index (χ2v) is 5.91. The van der Waals surface area contributed by atoms with Crippen LogP contribution >= 0.6 is 11.8 Å². The van der Waals surface area contributed by atoms with Crippen molar-refractivity contribution >= 4 is 29.3 Å². The van der Waals surface area contributed by atoms with Crippen LogP contribution < -0.4 is 20.1 Å². The lowest BCUT2D eigenvalue weighted by Crippen LogP contribution is -2.29. The van der Waals surface area contributed by atoms with E-state index in [2.05, 4.69) is 26.0 Å². The Balaban J connectivity index is 1.74. The number of nitrogens with zero attached hydrogens (tertiary/aromatic N) is 2.